The van der Waals surface area contributed by atoms with Crippen LogP contribution in [0.15, 0.2) is 30.3 Å². The van der Waals surface area contributed by atoms with E-state index in [9.17, 15) is 0 Å². The number of aromatic nitrogens is 2. The molecule has 0 amide bonds. The van der Waals surface area contributed by atoms with Crippen molar-refractivity contribution in [1.82, 2.24) is 14.9 Å². The first kappa shape index (κ1) is 15.3. The van der Waals surface area contributed by atoms with Gasteiger partial charge in [-0.15, -0.1) is 0 Å². The molecule has 2 aromatic rings. The summed E-state index contributed by atoms with van der Waals surface area (Å²) in [6, 6.07) is 10.1. The first-order valence-corrected chi connectivity index (χ1v) is 7.11. The van der Waals surface area contributed by atoms with Gasteiger partial charge in [-0.25, -0.2) is 9.97 Å². The van der Waals surface area contributed by atoms with Crippen molar-refractivity contribution in [3.05, 3.63) is 41.7 Å². The number of hydrogen-bond donors (Lipinski definition) is 2. The summed E-state index contributed by atoms with van der Waals surface area (Å²) in [7, 11) is 4.11. The molecule has 0 aliphatic rings. The topological polar surface area (TPSA) is 53.1 Å². The fraction of sp³-hybridized carbons (Fsp3) is 0.375. The summed E-state index contributed by atoms with van der Waals surface area (Å²) in [5.74, 6) is 2.41. The number of para-hydroxylation sites is 1. The molecule has 5 nitrogen and oxygen atoms in total. The van der Waals surface area contributed by atoms with Crippen molar-refractivity contribution in [2.75, 3.05) is 37.8 Å². The van der Waals surface area contributed by atoms with E-state index in [2.05, 4.69) is 52.6 Å². The Morgan fingerprint density at radius 2 is 1.76 bits per heavy atom. The zero-order valence-electron chi connectivity index (χ0n) is 13.1. The molecule has 0 bridgehead atoms. The standard InChI is InChI=1S/C16H23N5/c1-12-7-5-6-8-14(12)20-16-11-15(18-13(2)19-16)17-9-10-21(3)4/h5-8,11H,9-10H2,1-4H3,(H2,17,18,19,20). The lowest BCUT2D eigenvalue weighted by molar-refractivity contribution is 0.425. The van der Waals surface area contributed by atoms with E-state index in [1.54, 1.807) is 0 Å². The van der Waals surface area contributed by atoms with Crippen LogP contribution in [-0.2, 0) is 0 Å². The summed E-state index contributed by atoms with van der Waals surface area (Å²) in [5, 5.41) is 6.68. The third kappa shape index (κ3) is 4.72. The molecule has 0 aliphatic carbocycles. The molecule has 0 spiro atoms. The summed E-state index contributed by atoms with van der Waals surface area (Å²) in [6.07, 6.45) is 0. The zero-order valence-corrected chi connectivity index (χ0v) is 13.1. The number of benzene rings is 1. The van der Waals surface area contributed by atoms with Gasteiger partial charge in [-0.1, -0.05) is 18.2 Å². The molecular formula is C16H23N5. The fourth-order valence-corrected chi connectivity index (χ4v) is 1.98. The largest absolute Gasteiger partial charge is 0.369 e. The molecule has 5 heteroatoms. The average molecular weight is 285 g/mol. The van der Waals surface area contributed by atoms with Gasteiger partial charge in [-0.05, 0) is 39.6 Å². The Kier molecular flexibility index (Phi) is 5.11. The lowest BCUT2D eigenvalue weighted by Gasteiger charge is -2.13. The molecule has 0 saturated heterocycles. The predicted octanol–water partition coefficient (Wildman–Crippen LogP) is 2.81. The van der Waals surface area contributed by atoms with Gasteiger partial charge < -0.3 is 15.5 Å². The van der Waals surface area contributed by atoms with Crippen LogP contribution in [0.3, 0.4) is 0 Å². The molecule has 1 heterocycles. The Morgan fingerprint density at radius 3 is 2.48 bits per heavy atom. The Morgan fingerprint density at radius 1 is 1.05 bits per heavy atom. The minimum absolute atomic E-state index is 0.751. The highest BCUT2D eigenvalue weighted by Crippen LogP contribution is 2.20. The third-order valence-electron chi connectivity index (χ3n) is 3.11. The summed E-state index contributed by atoms with van der Waals surface area (Å²) in [6.45, 7) is 5.80. The van der Waals surface area contributed by atoms with Gasteiger partial charge >= 0.3 is 0 Å². The van der Waals surface area contributed by atoms with Crippen molar-refractivity contribution in [2.24, 2.45) is 0 Å². The van der Waals surface area contributed by atoms with Crippen LogP contribution in [-0.4, -0.2) is 42.1 Å². The van der Waals surface area contributed by atoms with Gasteiger partial charge in [0.1, 0.15) is 17.5 Å². The second kappa shape index (κ2) is 7.04. The molecule has 0 unspecified atom stereocenters. The van der Waals surface area contributed by atoms with Crippen LogP contribution >= 0.6 is 0 Å². The van der Waals surface area contributed by atoms with Gasteiger partial charge in [0.15, 0.2) is 0 Å². The fourth-order valence-electron chi connectivity index (χ4n) is 1.98. The monoisotopic (exact) mass is 285 g/mol. The Balaban J connectivity index is 2.10. The maximum Gasteiger partial charge on any atom is 0.136 e. The molecule has 1 aromatic heterocycles. The number of likely N-dealkylation sites (N-methyl/N-ethyl adjacent to an activating group) is 1. The van der Waals surface area contributed by atoms with Crippen molar-refractivity contribution in [1.29, 1.82) is 0 Å². The van der Waals surface area contributed by atoms with E-state index >= 15 is 0 Å². The molecule has 21 heavy (non-hydrogen) atoms. The van der Waals surface area contributed by atoms with Crippen molar-refractivity contribution in [3.8, 4) is 0 Å². The second-order valence-corrected chi connectivity index (χ2v) is 5.36. The molecule has 1 aromatic carbocycles. The molecule has 112 valence electrons. The summed E-state index contributed by atoms with van der Waals surface area (Å²) in [5.41, 5.74) is 2.26. The van der Waals surface area contributed by atoms with E-state index in [0.717, 1.165) is 36.2 Å². The average Bonchev–Trinajstić information content (AvgIpc) is 2.40. The van der Waals surface area contributed by atoms with Crippen LogP contribution in [0.2, 0.25) is 0 Å². The number of nitrogens with one attached hydrogen (secondary N) is 2. The number of anilines is 3. The Bertz CT molecular complexity index is 595. The van der Waals surface area contributed by atoms with Gasteiger partial charge in [0, 0.05) is 24.8 Å². The molecule has 0 aliphatic heterocycles. The maximum absolute atomic E-state index is 4.44. The minimum atomic E-state index is 0.751. The van der Waals surface area contributed by atoms with Crippen molar-refractivity contribution >= 4 is 17.3 Å². The number of aryl methyl sites for hydroxylation is 2. The Labute approximate surface area is 126 Å². The molecule has 0 fully saturated rings. The van der Waals surface area contributed by atoms with Gasteiger partial charge in [0.25, 0.3) is 0 Å². The molecule has 2 N–H and O–H groups in total. The molecule has 2 rings (SSSR count). The van der Waals surface area contributed by atoms with Crippen molar-refractivity contribution < 1.29 is 0 Å². The predicted molar refractivity (Wildman–Crippen MR) is 88.3 cm³/mol. The maximum atomic E-state index is 4.44. The third-order valence-corrected chi connectivity index (χ3v) is 3.11. The van der Waals surface area contributed by atoms with Crippen molar-refractivity contribution in [2.45, 2.75) is 13.8 Å². The number of rotatable bonds is 6. The van der Waals surface area contributed by atoms with Crippen LogP contribution in [0.1, 0.15) is 11.4 Å². The highest BCUT2D eigenvalue weighted by molar-refractivity contribution is 5.62. The van der Waals surface area contributed by atoms with Crippen LogP contribution in [0, 0.1) is 13.8 Å². The normalized spacial score (nSPS) is 10.7. The first-order valence-electron chi connectivity index (χ1n) is 7.11. The van der Waals surface area contributed by atoms with E-state index in [1.807, 2.05) is 31.2 Å². The second-order valence-electron chi connectivity index (χ2n) is 5.36. The van der Waals surface area contributed by atoms with Crippen LogP contribution < -0.4 is 10.6 Å². The highest BCUT2D eigenvalue weighted by atomic mass is 15.1. The summed E-state index contributed by atoms with van der Waals surface area (Å²) >= 11 is 0. The van der Waals surface area contributed by atoms with E-state index in [-0.39, 0.29) is 0 Å². The van der Waals surface area contributed by atoms with Crippen LogP contribution in [0.4, 0.5) is 17.3 Å². The van der Waals surface area contributed by atoms with E-state index in [0.29, 0.717) is 0 Å². The van der Waals surface area contributed by atoms with E-state index in [1.165, 1.54) is 5.56 Å². The minimum Gasteiger partial charge on any atom is -0.369 e. The van der Waals surface area contributed by atoms with Gasteiger partial charge in [0.2, 0.25) is 0 Å². The summed E-state index contributed by atoms with van der Waals surface area (Å²) in [4.78, 5) is 11.0. The van der Waals surface area contributed by atoms with Gasteiger partial charge in [-0.3, -0.25) is 0 Å². The highest BCUT2D eigenvalue weighted by Gasteiger charge is 2.04. The van der Waals surface area contributed by atoms with Crippen molar-refractivity contribution in [3.63, 3.8) is 0 Å². The molecular weight excluding hydrogens is 262 g/mol. The number of nitrogens with zero attached hydrogens (tertiary/aromatic N) is 3. The molecule has 0 radical (unpaired) electrons. The van der Waals surface area contributed by atoms with Gasteiger partial charge in [0.05, 0.1) is 0 Å². The zero-order chi connectivity index (χ0) is 15.2. The first-order chi connectivity index (χ1) is 10.0. The molecule has 0 atom stereocenters. The molecule has 0 saturated carbocycles. The quantitative estimate of drug-likeness (QED) is 0.855. The smallest absolute Gasteiger partial charge is 0.136 e. The van der Waals surface area contributed by atoms with E-state index < -0.39 is 0 Å². The van der Waals surface area contributed by atoms with Gasteiger partial charge in [-0.2, -0.15) is 0 Å². The number of hydrogen-bond acceptors (Lipinski definition) is 5. The van der Waals surface area contributed by atoms with Crippen LogP contribution in [0.5, 0.6) is 0 Å². The summed E-state index contributed by atoms with van der Waals surface area (Å²) < 4.78 is 0. The lowest BCUT2D eigenvalue weighted by Crippen LogP contribution is -2.21. The SMILES string of the molecule is Cc1nc(NCCN(C)C)cc(Nc2ccccc2C)n1. The Hall–Kier alpha value is -2.14. The van der Waals surface area contributed by atoms with E-state index in [4.69, 9.17) is 0 Å². The lowest BCUT2D eigenvalue weighted by atomic mass is 10.2. The van der Waals surface area contributed by atoms with Crippen LogP contribution in [0.25, 0.3) is 0 Å².